The van der Waals surface area contributed by atoms with Crippen LogP contribution in [0.4, 0.5) is 0 Å². The number of fused-ring (bicyclic) bond motifs is 1. The van der Waals surface area contributed by atoms with E-state index >= 15 is 0 Å². The van der Waals surface area contributed by atoms with E-state index in [0.717, 1.165) is 27.6 Å². The van der Waals surface area contributed by atoms with Crippen molar-refractivity contribution in [2.45, 2.75) is 39.8 Å². The molecule has 1 aromatic heterocycles. The van der Waals surface area contributed by atoms with Gasteiger partial charge in [0.05, 0.1) is 18.6 Å². The minimum absolute atomic E-state index is 0.0277. The smallest absolute Gasteiger partial charge is 0.290 e. The maximum atomic E-state index is 13.7. The highest BCUT2D eigenvalue weighted by Gasteiger charge is 2.37. The molecule has 0 spiro atoms. The van der Waals surface area contributed by atoms with Crippen LogP contribution in [0.15, 0.2) is 40.8 Å². The van der Waals surface area contributed by atoms with E-state index < -0.39 is 9.84 Å². The first-order chi connectivity index (χ1) is 14.7. The zero-order chi connectivity index (χ0) is 22.3. The topological polar surface area (TPSA) is 76.8 Å². The van der Waals surface area contributed by atoms with E-state index in [0.29, 0.717) is 17.8 Å². The number of aryl methyl sites for hydroxylation is 3. The summed E-state index contributed by atoms with van der Waals surface area (Å²) in [5, 5.41) is 0.918. The molecule has 0 unspecified atom stereocenters. The van der Waals surface area contributed by atoms with Crippen molar-refractivity contribution in [3.8, 4) is 5.75 Å². The van der Waals surface area contributed by atoms with E-state index in [2.05, 4.69) is 0 Å². The summed E-state index contributed by atoms with van der Waals surface area (Å²) in [5.74, 6) is 0.749. The third kappa shape index (κ3) is 4.19. The maximum Gasteiger partial charge on any atom is 0.290 e. The molecule has 1 aliphatic rings. The third-order valence-electron chi connectivity index (χ3n) is 5.96. The largest absolute Gasteiger partial charge is 0.497 e. The number of benzene rings is 2. The van der Waals surface area contributed by atoms with Gasteiger partial charge in [0.2, 0.25) is 0 Å². The van der Waals surface area contributed by atoms with Crippen LogP contribution in [-0.2, 0) is 16.4 Å². The predicted molar refractivity (Wildman–Crippen MR) is 120 cm³/mol. The van der Waals surface area contributed by atoms with Gasteiger partial charge >= 0.3 is 0 Å². The van der Waals surface area contributed by atoms with Crippen molar-refractivity contribution in [1.82, 2.24) is 4.90 Å². The summed E-state index contributed by atoms with van der Waals surface area (Å²) in [6.45, 7) is 6.14. The van der Waals surface area contributed by atoms with Crippen LogP contribution in [0.1, 0.15) is 39.2 Å². The normalized spacial score (nSPS) is 17.7. The lowest BCUT2D eigenvalue weighted by molar-refractivity contribution is 0.0649. The Kier molecular flexibility index (Phi) is 5.56. The minimum Gasteiger partial charge on any atom is -0.497 e. The predicted octanol–water partition coefficient (Wildman–Crippen LogP) is 4.20. The summed E-state index contributed by atoms with van der Waals surface area (Å²) in [7, 11) is -1.57. The molecule has 0 saturated carbocycles. The minimum atomic E-state index is -3.16. The van der Waals surface area contributed by atoms with Crippen LogP contribution < -0.4 is 4.74 Å². The zero-order valence-electron chi connectivity index (χ0n) is 18.3. The van der Waals surface area contributed by atoms with Gasteiger partial charge in [0, 0.05) is 23.5 Å². The number of hydrogen-bond donors (Lipinski definition) is 0. The lowest BCUT2D eigenvalue weighted by Crippen LogP contribution is -2.40. The molecule has 2 aromatic carbocycles. The number of methoxy groups -OCH3 is 1. The Morgan fingerprint density at radius 2 is 1.97 bits per heavy atom. The maximum absolute atomic E-state index is 13.7. The van der Waals surface area contributed by atoms with Crippen LogP contribution in [0, 0.1) is 20.8 Å². The van der Waals surface area contributed by atoms with Crippen LogP contribution in [0.3, 0.4) is 0 Å². The summed E-state index contributed by atoms with van der Waals surface area (Å²) >= 11 is 0. The van der Waals surface area contributed by atoms with Crippen LogP contribution in [0.5, 0.6) is 5.75 Å². The highest BCUT2D eigenvalue weighted by atomic mass is 32.2. The summed E-state index contributed by atoms with van der Waals surface area (Å²) < 4.78 is 35.7. The number of nitrogens with zero attached hydrogens (tertiary/aromatic N) is 1. The van der Waals surface area contributed by atoms with E-state index in [1.165, 1.54) is 0 Å². The zero-order valence-corrected chi connectivity index (χ0v) is 19.1. The number of furan rings is 1. The molecule has 2 heterocycles. The van der Waals surface area contributed by atoms with Crippen molar-refractivity contribution in [3.05, 3.63) is 64.4 Å². The number of amides is 1. The Morgan fingerprint density at radius 3 is 2.65 bits per heavy atom. The monoisotopic (exact) mass is 441 g/mol. The fourth-order valence-corrected chi connectivity index (χ4v) is 6.09. The molecule has 3 aromatic rings. The highest BCUT2D eigenvalue weighted by Crippen LogP contribution is 2.32. The van der Waals surface area contributed by atoms with Crippen molar-refractivity contribution in [2.24, 2.45) is 0 Å². The Balaban J connectivity index is 1.76. The lowest BCUT2D eigenvalue weighted by atomic mass is 10.0. The van der Waals surface area contributed by atoms with Gasteiger partial charge in [-0.1, -0.05) is 18.2 Å². The number of ether oxygens (including phenoxy) is 1. The molecule has 1 atom stereocenters. The van der Waals surface area contributed by atoms with E-state index in [-0.39, 0.29) is 35.8 Å². The fourth-order valence-electron chi connectivity index (χ4n) is 4.36. The van der Waals surface area contributed by atoms with Gasteiger partial charge in [-0.3, -0.25) is 4.79 Å². The summed E-state index contributed by atoms with van der Waals surface area (Å²) in [4.78, 5) is 15.3. The molecular weight excluding hydrogens is 414 g/mol. The van der Waals surface area contributed by atoms with Gasteiger partial charge < -0.3 is 14.1 Å². The average Bonchev–Trinajstić information content (AvgIpc) is 3.25. The van der Waals surface area contributed by atoms with Gasteiger partial charge in [-0.05, 0) is 62.1 Å². The van der Waals surface area contributed by atoms with Crippen LogP contribution in [-0.4, -0.2) is 43.9 Å². The summed E-state index contributed by atoms with van der Waals surface area (Å²) in [5.41, 5.74) is 4.43. The van der Waals surface area contributed by atoms with Gasteiger partial charge in [0.15, 0.2) is 15.6 Å². The summed E-state index contributed by atoms with van der Waals surface area (Å²) in [6, 6.07) is 11.1. The van der Waals surface area contributed by atoms with Crippen molar-refractivity contribution in [3.63, 3.8) is 0 Å². The SMILES string of the molecule is COc1cccc(CN(C(=O)c2oc3c(C)cc(C)cc3c2C)[C@H]2CCS(=O)(=O)C2)c1. The molecule has 0 N–H and O–H groups in total. The summed E-state index contributed by atoms with van der Waals surface area (Å²) in [6.07, 6.45) is 0.426. The van der Waals surface area contributed by atoms with Crippen molar-refractivity contribution < 1.29 is 22.4 Å². The number of carbonyl (C=O) groups is 1. The van der Waals surface area contributed by atoms with Crippen LogP contribution >= 0.6 is 0 Å². The number of rotatable bonds is 5. The first-order valence-corrected chi connectivity index (χ1v) is 12.2. The second-order valence-electron chi connectivity index (χ2n) is 8.36. The van der Waals surface area contributed by atoms with Gasteiger partial charge in [-0.15, -0.1) is 0 Å². The molecular formula is C24H27NO5S. The average molecular weight is 442 g/mol. The number of carbonyl (C=O) groups excluding carboxylic acids is 1. The van der Waals surface area contributed by atoms with Gasteiger partial charge in [0.1, 0.15) is 11.3 Å². The first kappa shape index (κ1) is 21.4. The molecule has 0 bridgehead atoms. The van der Waals surface area contributed by atoms with Crippen molar-refractivity contribution in [1.29, 1.82) is 0 Å². The highest BCUT2D eigenvalue weighted by molar-refractivity contribution is 7.91. The van der Waals surface area contributed by atoms with E-state index in [4.69, 9.17) is 9.15 Å². The quantitative estimate of drug-likeness (QED) is 0.593. The molecule has 1 amide bonds. The molecule has 1 saturated heterocycles. The molecule has 0 radical (unpaired) electrons. The van der Waals surface area contributed by atoms with Gasteiger partial charge in [-0.25, -0.2) is 8.42 Å². The Hall–Kier alpha value is -2.80. The van der Waals surface area contributed by atoms with Crippen LogP contribution in [0.25, 0.3) is 11.0 Å². The van der Waals surface area contributed by atoms with E-state index in [1.54, 1.807) is 12.0 Å². The first-order valence-electron chi connectivity index (χ1n) is 10.3. The van der Waals surface area contributed by atoms with Crippen LogP contribution in [0.2, 0.25) is 0 Å². The second-order valence-corrected chi connectivity index (χ2v) is 10.6. The Bertz CT molecular complexity index is 1260. The second kappa shape index (κ2) is 8.04. The van der Waals surface area contributed by atoms with Gasteiger partial charge in [0.25, 0.3) is 5.91 Å². The molecule has 164 valence electrons. The standard InChI is InChI=1S/C24H27NO5S/c1-15-10-16(2)22-21(11-15)17(3)23(30-22)24(26)25(19-8-9-31(27,28)14-19)13-18-6-5-7-20(12-18)29-4/h5-7,10-12,19H,8-9,13-14H2,1-4H3/t19-/m0/s1. The molecule has 7 heteroatoms. The molecule has 0 aliphatic carbocycles. The third-order valence-corrected chi connectivity index (χ3v) is 7.71. The van der Waals surface area contributed by atoms with E-state index in [1.807, 2.05) is 57.2 Å². The van der Waals surface area contributed by atoms with Crippen molar-refractivity contribution >= 4 is 26.7 Å². The molecule has 1 fully saturated rings. The van der Waals surface area contributed by atoms with Crippen molar-refractivity contribution in [2.75, 3.05) is 18.6 Å². The molecule has 4 rings (SSSR count). The molecule has 1 aliphatic heterocycles. The Morgan fingerprint density at radius 1 is 1.19 bits per heavy atom. The van der Waals surface area contributed by atoms with Gasteiger partial charge in [-0.2, -0.15) is 0 Å². The Labute approximate surface area is 182 Å². The molecule has 31 heavy (non-hydrogen) atoms. The van der Waals surface area contributed by atoms with E-state index in [9.17, 15) is 13.2 Å². The lowest BCUT2D eigenvalue weighted by Gasteiger charge is -2.28. The fraction of sp³-hybridized carbons (Fsp3) is 0.375. The number of hydrogen-bond acceptors (Lipinski definition) is 5. The molecule has 6 nitrogen and oxygen atoms in total. The number of sulfone groups is 1.